The molecule has 0 aromatic heterocycles. The second-order valence-corrected chi connectivity index (χ2v) is 10.4. The summed E-state index contributed by atoms with van der Waals surface area (Å²) >= 11 is 4.27. The molecule has 0 aliphatic carbocycles. The third kappa shape index (κ3) is 10.8. The van der Waals surface area contributed by atoms with Gasteiger partial charge in [-0.15, -0.1) is 0 Å². The summed E-state index contributed by atoms with van der Waals surface area (Å²) in [6, 6.07) is 2.52. The Morgan fingerprint density at radius 2 is 1.76 bits per heavy atom. The highest BCUT2D eigenvalue weighted by molar-refractivity contribution is 7.80. The molecule has 214 valence electrons. The minimum atomic E-state index is -1.28. The van der Waals surface area contributed by atoms with E-state index < -0.39 is 48.1 Å². The maximum absolute atomic E-state index is 13.9. The van der Waals surface area contributed by atoms with E-state index in [1.165, 1.54) is 12.0 Å². The molecule has 2 unspecified atom stereocenters. The van der Waals surface area contributed by atoms with Gasteiger partial charge in [-0.3, -0.25) is 14.4 Å². The second-order valence-electron chi connectivity index (χ2n) is 10.0. The molecule has 0 heterocycles. The van der Waals surface area contributed by atoms with E-state index in [2.05, 4.69) is 34.9 Å². The lowest BCUT2D eigenvalue weighted by Gasteiger charge is -2.34. The number of aryl methyl sites for hydroxylation is 1. The van der Waals surface area contributed by atoms with E-state index in [9.17, 15) is 24.3 Å². The summed E-state index contributed by atoms with van der Waals surface area (Å²) in [5, 5.41) is 15.9. The Kier molecular flexibility index (Phi) is 14.0. The summed E-state index contributed by atoms with van der Waals surface area (Å²) in [4.78, 5) is 52.8. The number of unbranched alkanes of at least 4 members (excludes halogenated alkanes) is 4. The molecule has 1 aromatic rings. The zero-order valence-corrected chi connectivity index (χ0v) is 24.2. The molecule has 0 spiro atoms. The fourth-order valence-electron chi connectivity index (χ4n) is 3.77. The van der Waals surface area contributed by atoms with Crippen LogP contribution < -0.4 is 10.6 Å². The molecular formula is C27H43N3O7S. The van der Waals surface area contributed by atoms with Crippen molar-refractivity contribution in [2.75, 3.05) is 26.0 Å². The van der Waals surface area contributed by atoms with Crippen LogP contribution in [0.5, 0.6) is 5.75 Å². The van der Waals surface area contributed by atoms with Gasteiger partial charge in [0.25, 0.3) is 0 Å². The summed E-state index contributed by atoms with van der Waals surface area (Å²) in [6.45, 7) is 8.64. The second kappa shape index (κ2) is 16.1. The van der Waals surface area contributed by atoms with Crippen LogP contribution in [0.1, 0.15) is 77.0 Å². The average Bonchev–Trinajstić information content (AvgIpc) is 2.85. The number of ether oxygens (including phenoxy) is 2. The van der Waals surface area contributed by atoms with Gasteiger partial charge in [-0.05, 0) is 39.7 Å². The SMILES string of the molecule is CCCCCCCN(C(=O)C(CS)NC(=O)OC(C)(C)C)C(C(=O)NCC(=O)OC)c1cccc(C)c1O. The van der Waals surface area contributed by atoms with Crippen LogP contribution in [0.3, 0.4) is 0 Å². The van der Waals surface area contributed by atoms with Gasteiger partial charge in [0, 0.05) is 17.9 Å². The van der Waals surface area contributed by atoms with Gasteiger partial charge in [-0.25, -0.2) is 4.79 Å². The third-order valence-electron chi connectivity index (χ3n) is 5.72. The fraction of sp³-hybridized carbons (Fsp3) is 0.630. The standard InChI is InChI=1S/C27H43N3O7S/c1-7-8-9-10-11-15-30(25(34)20(17-38)29-26(35)37-27(3,4)5)22(24(33)28-16-21(31)36-6)19-14-12-13-18(2)23(19)32/h12-14,20,22,32,38H,7-11,15-17H2,1-6H3,(H,28,33)(H,29,35). The number of hydrogen-bond donors (Lipinski definition) is 4. The van der Waals surface area contributed by atoms with Crippen molar-refractivity contribution in [1.82, 2.24) is 15.5 Å². The summed E-state index contributed by atoms with van der Waals surface area (Å²) in [5.74, 6) is -2.10. The van der Waals surface area contributed by atoms with Crippen molar-refractivity contribution in [2.45, 2.75) is 84.4 Å². The number of nitrogens with one attached hydrogen (secondary N) is 2. The molecule has 0 aliphatic heterocycles. The van der Waals surface area contributed by atoms with Crippen LogP contribution in [0.25, 0.3) is 0 Å². The van der Waals surface area contributed by atoms with Crippen molar-refractivity contribution < 1.29 is 33.8 Å². The fourth-order valence-corrected chi connectivity index (χ4v) is 4.02. The van der Waals surface area contributed by atoms with Gasteiger partial charge in [0.2, 0.25) is 11.8 Å². The topological polar surface area (TPSA) is 134 Å². The van der Waals surface area contributed by atoms with E-state index in [0.29, 0.717) is 12.0 Å². The van der Waals surface area contributed by atoms with Crippen molar-refractivity contribution in [3.63, 3.8) is 0 Å². The van der Waals surface area contributed by atoms with Crippen molar-refractivity contribution >= 4 is 36.5 Å². The highest BCUT2D eigenvalue weighted by Gasteiger charge is 2.37. The Labute approximate surface area is 231 Å². The van der Waals surface area contributed by atoms with E-state index in [1.807, 2.05) is 0 Å². The number of phenolic OH excluding ortho intramolecular Hbond substituents is 1. The Bertz CT molecular complexity index is 949. The van der Waals surface area contributed by atoms with E-state index in [0.717, 1.165) is 25.7 Å². The van der Waals surface area contributed by atoms with Crippen LogP contribution in [0.4, 0.5) is 4.79 Å². The number of phenols is 1. The first-order chi connectivity index (χ1) is 17.9. The van der Waals surface area contributed by atoms with Crippen LogP contribution in [0.2, 0.25) is 0 Å². The maximum Gasteiger partial charge on any atom is 0.408 e. The van der Waals surface area contributed by atoms with Crippen molar-refractivity contribution in [1.29, 1.82) is 0 Å². The number of hydrogen-bond acceptors (Lipinski definition) is 8. The monoisotopic (exact) mass is 553 g/mol. The van der Waals surface area contributed by atoms with Crippen LogP contribution in [0.15, 0.2) is 18.2 Å². The lowest BCUT2D eigenvalue weighted by Crippen LogP contribution is -2.54. The molecule has 1 aromatic carbocycles. The average molecular weight is 554 g/mol. The van der Waals surface area contributed by atoms with Gasteiger partial charge in [0.1, 0.15) is 30.0 Å². The predicted octanol–water partition coefficient (Wildman–Crippen LogP) is 3.65. The smallest absolute Gasteiger partial charge is 0.408 e. The van der Waals surface area contributed by atoms with E-state index in [-0.39, 0.29) is 23.6 Å². The molecule has 11 heteroatoms. The van der Waals surface area contributed by atoms with Gasteiger partial charge in [-0.1, -0.05) is 50.8 Å². The van der Waals surface area contributed by atoms with E-state index >= 15 is 0 Å². The van der Waals surface area contributed by atoms with Gasteiger partial charge >= 0.3 is 12.1 Å². The highest BCUT2D eigenvalue weighted by atomic mass is 32.1. The molecule has 0 saturated carbocycles. The van der Waals surface area contributed by atoms with Crippen LogP contribution in [0, 0.1) is 6.92 Å². The number of esters is 1. The third-order valence-corrected chi connectivity index (χ3v) is 6.08. The normalized spacial score (nSPS) is 12.7. The minimum absolute atomic E-state index is 0.0549. The summed E-state index contributed by atoms with van der Waals surface area (Å²) in [7, 11) is 1.20. The van der Waals surface area contributed by atoms with Gasteiger partial charge in [0.05, 0.1) is 7.11 Å². The van der Waals surface area contributed by atoms with Gasteiger partial charge in [-0.2, -0.15) is 12.6 Å². The number of carbonyl (C=O) groups excluding carboxylic acids is 4. The summed E-state index contributed by atoms with van der Waals surface area (Å²) in [6.07, 6.45) is 3.65. The van der Waals surface area contributed by atoms with E-state index in [1.54, 1.807) is 45.9 Å². The lowest BCUT2D eigenvalue weighted by molar-refractivity contribution is -0.144. The molecule has 10 nitrogen and oxygen atoms in total. The number of thiol groups is 1. The largest absolute Gasteiger partial charge is 0.507 e. The summed E-state index contributed by atoms with van der Waals surface area (Å²) in [5.41, 5.74) is -0.0672. The van der Waals surface area contributed by atoms with Crippen molar-refractivity contribution in [3.05, 3.63) is 29.3 Å². The number of methoxy groups -OCH3 is 1. The van der Waals surface area contributed by atoms with Crippen LogP contribution in [-0.4, -0.2) is 71.5 Å². The number of amides is 3. The molecule has 38 heavy (non-hydrogen) atoms. The zero-order valence-electron chi connectivity index (χ0n) is 23.3. The number of alkyl carbamates (subject to hydrolysis) is 1. The molecule has 3 N–H and O–H groups in total. The Balaban J connectivity index is 3.45. The zero-order chi connectivity index (χ0) is 28.9. The molecule has 3 amide bonds. The van der Waals surface area contributed by atoms with Gasteiger partial charge in [0.15, 0.2) is 0 Å². The van der Waals surface area contributed by atoms with Crippen LogP contribution >= 0.6 is 12.6 Å². The number of nitrogens with zero attached hydrogens (tertiary/aromatic N) is 1. The lowest BCUT2D eigenvalue weighted by atomic mass is 9.99. The number of carbonyl (C=O) groups is 4. The molecular weight excluding hydrogens is 510 g/mol. The summed E-state index contributed by atoms with van der Waals surface area (Å²) < 4.78 is 9.93. The maximum atomic E-state index is 13.9. The molecule has 0 saturated heterocycles. The number of benzene rings is 1. The van der Waals surface area contributed by atoms with Gasteiger partial charge < -0.3 is 30.1 Å². The Morgan fingerprint density at radius 3 is 2.34 bits per heavy atom. The Hall–Kier alpha value is -2.95. The molecule has 0 bridgehead atoms. The predicted molar refractivity (Wildman–Crippen MR) is 148 cm³/mol. The van der Waals surface area contributed by atoms with Crippen LogP contribution in [-0.2, 0) is 23.9 Å². The minimum Gasteiger partial charge on any atom is -0.507 e. The molecule has 2 atom stereocenters. The molecule has 1 rings (SSSR count). The first-order valence-electron chi connectivity index (χ1n) is 12.9. The molecule has 0 radical (unpaired) electrons. The highest BCUT2D eigenvalue weighted by Crippen LogP contribution is 2.32. The first kappa shape index (κ1) is 33.1. The quantitative estimate of drug-likeness (QED) is 0.157. The number of aromatic hydroxyl groups is 1. The van der Waals surface area contributed by atoms with E-state index in [4.69, 9.17) is 4.74 Å². The Morgan fingerprint density at radius 1 is 1.11 bits per heavy atom. The number of rotatable bonds is 14. The van der Waals surface area contributed by atoms with Crippen molar-refractivity contribution in [3.8, 4) is 5.75 Å². The molecule has 0 aliphatic rings. The number of para-hydroxylation sites is 1. The first-order valence-corrected chi connectivity index (χ1v) is 13.5. The van der Waals surface area contributed by atoms with Crippen molar-refractivity contribution in [2.24, 2.45) is 0 Å². The molecule has 0 fully saturated rings.